The third kappa shape index (κ3) is 5.99. The highest BCUT2D eigenvalue weighted by atomic mass is 79.9. The number of hydrogen-bond acceptors (Lipinski definition) is 4. The summed E-state index contributed by atoms with van der Waals surface area (Å²) < 4.78 is 5.67. The van der Waals surface area contributed by atoms with E-state index in [-0.39, 0.29) is 30.0 Å². The molecule has 0 bridgehead atoms. The lowest BCUT2D eigenvalue weighted by Crippen LogP contribution is -2.25. The fourth-order valence-electron chi connectivity index (χ4n) is 1.94. The van der Waals surface area contributed by atoms with Gasteiger partial charge in [-0.2, -0.15) is 0 Å². The van der Waals surface area contributed by atoms with Crippen LogP contribution in [0.25, 0.3) is 0 Å². The highest BCUT2D eigenvalue weighted by Gasteiger charge is 2.12. The second-order valence-electron chi connectivity index (χ2n) is 4.89. The predicted molar refractivity (Wildman–Crippen MR) is 98.7 cm³/mol. The summed E-state index contributed by atoms with van der Waals surface area (Å²) in [5.74, 6) is -0.372. The van der Waals surface area contributed by atoms with Crippen molar-refractivity contribution in [1.82, 2.24) is 5.32 Å². The fourth-order valence-corrected chi connectivity index (χ4v) is 2.25. The molecule has 0 atom stereocenters. The van der Waals surface area contributed by atoms with Gasteiger partial charge in [0.05, 0.1) is 0 Å². The van der Waals surface area contributed by atoms with Crippen molar-refractivity contribution in [2.75, 3.05) is 18.4 Å². The first-order valence-corrected chi connectivity index (χ1v) is 8.04. The highest BCUT2D eigenvalue weighted by Crippen LogP contribution is 2.17. The highest BCUT2D eigenvalue weighted by molar-refractivity contribution is 9.10. The topological polar surface area (TPSA) is 97.4 Å². The molecule has 0 aliphatic carbocycles. The Bertz CT molecular complexity index is 691. The van der Waals surface area contributed by atoms with Gasteiger partial charge in [0.1, 0.15) is 0 Å². The van der Waals surface area contributed by atoms with Crippen molar-refractivity contribution >= 4 is 45.8 Å². The Balaban J connectivity index is 0.00000288. The van der Waals surface area contributed by atoms with E-state index in [0.717, 1.165) is 12.8 Å². The lowest BCUT2D eigenvalue weighted by Gasteiger charge is -2.07. The van der Waals surface area contributed by atoms with Crippen molar-refractivity contribution < 1.29 is 14.0 Å². The first-order chi connectivity index (χ1) is 11.1. The van der Waals surface area contributed by atoms with Crippen LogP contribution in [0.2, 0.25) is 0 Å². The Labute approximate surface area is 154 Å². The zero-order valence-corrected chi connectivity index (χ0v) is 15.3. The Hall–Kier alpha value is -1.83. The van der Waals surface area contributed by atoms with E-state index in [9.17, 15) is 9.59 Å². The molecule has 130 valence electrons. The molecule has 8 heteroatoms. The van der Waals surface area contributed by atoms with Crippen molar-refractivity contribution in [2.45, 2.75) is 12.8 Å². The van der Waals surface area contributed by atoms with E-state index < -0.39 is 0 Å². The molecule has 0 radical (unpaired) electrons. The number of nitrogens with one attached hydrogen (secondary N) is 2. The Morgan fingerprint density at radius 3 is 2.58 bits per heavy atom. The van der Waals surface area contributed by atoms with Crippen LogP contribution in [-0.2, 0) is 0 Å². The zero-order valence-electron chi connectivity index (χ0n) is 12.9. The van der Waals surface area contributed by atoms with Gasteiger partial charge in [-0.25, -0.2) is 0 Å². The summed E-state index contributed by atoms with van der Waals surface area (Å²) in [6.07, 6.45) is 1.71. The number of unbranched alkanes of at least 4 members (excludes halogenated alkanes) is 1. The number of nitrogens with two attached hydrogens (primary N) is 1. The largest absolute Gasteiger partial charge is 0.444 e. The Morgan fingerprint density at radius 1 is 1.12 bits per heavy atom. The lowest BCUT2D eigenvalue weighted by molar-refractivity contribution is 0.0951. The van der Waals surface area contributed by atoms with Gasteiger partial charge >= 0.3 is 0 Å². The standard InChI is InChI=1S/C16H18BrN3O3.ClH/c17-14-7-6-13(23-14)16(22)20-12-5-3-4-11(10-12)15(21)19-9-2-1-8-18;/h3-7,10H,1-2,8-9,18H2,(H,19,21)(H,20,22);1H. The first kappa shape index (κ1) is 20.2. The second-order valence-corrected chi connectivity index (χ2v) is 5.67. The Kier molecular flexibility index (Phi) is 8.53. The molecule has 0 aliphatic heterocycles. The van der Waals surface area contributed by atoms with Crippen LogP contribution in [0.4, 0.5) is 5.69 Å². The molecule has 0 aliphatic rings. The first-order valence-electron chi connectivity index (χ1n) is 7.25. The Morgan fingerprint density at radius 2 is 1.92 bits per heavy atom. The predicted octanol–water partition coefficient (Wildman–Crippen LogP) is 3.18. The van der Waals surface area contributed by atoms with E-state index in [0.29, 0.717) is 29.0 Å². The van der Waals surface area contributed by atoms with Gasteiger partial charge in [0.15, 0.2) is 10.4 Å². The third-order valence-electron chi connectivity index (χ3n) is 3.10. The van der Waals surface area contributed by atoms with Crippen LogP contribution in [0.15, 0.2) is 45.5 Å². The van der Waals surface area contributed by atoms with Crippen LogP contribution in [0.1, 0.15) is 33.8 Å². The molecule has 6 nitrogen and oxygen atoms in total. The average Bonchev–Trinajstić information content (AvgIpc) is 2.98. The van der Waals surface area contributed by atoms with Crippen molar-refractivity contribution in [2.24, 2.45) is 5.73 Å². The maximum Gasteiger partial charge on any atom is 0.291 e. The number of rotatable bonds is 7. The van der Waals surface area contributed by atoms with Gasteiger partial charge in [0.2, 0.25) is 0 Å². The summed E-state index contributed by atoms with van der Waals surface area (Å²) in [6, 6.07) is 9.93. The minimum atomic E-state index is -0.379. The number of carbonyl (C=O) groups excluding carboxylic acids is 2. The lowest BCUT2D eigenvalue weighted by atomic mass is 10.2. The molecular formula is C16H19BrClN3O3. The number of halogens is 2. The van der Waals surface area contributed by atoms with Crippen molar-refractivity contribution in [1.29, 1.82) is 0 Å². The fraction of sp³-hybridized carbons (Fsp3) is 0.250. The van der Waals surface area contributed by atoms with Crippen molar-refractivity contribution in [3.63, 3.8) is 0 Å². The minimum absolute atomic E-state index is 0. The summed E-state index contributed by atoms with van der Waals surface area (Å²) >= 11 is 3.14. The molecule has 2 rings (SSSR count). The second kappa shape index (κ2) is 10.1. The monoisotopic (exact) mass is 415 g/mol. The van der Waals surface area contributed by atoms with E-state index in [2.05, 4.69) is 26.6 Å². The van der Waals surface area contributed by atoms with Crippen LogP contribution >= 0.6 is 28.3 Å². The summed E-state index contributed by atoms with van der Waals surface area (Å²) in [5.41, 5.74) is 6.42. The van der Waals surface area contributed by atoms with Crippen LogP contribution in [0, 0.1) is 0 Å². The quantitative estimate of drug-likeness (QED) is 0.604. The molecule has 1 heterocycles. The molecule has 2 aromatic rings. The normalized spacial score (nSPS) is 9.92. The summed E-state index contributed by atoms with van der Waals surface area (Å²) in [5, 5.41) is 5.51. The van der Waals surface area contributed by atoms with Gasteiger partial charge in [-0.15, -0.1) is 12.4 Å². The van der Waals surface area contributed by atoms with Gasteiger partial charge in [0, 0.05) is 17.8 Å². The number of furan rings is 1. The third-order valence-corrected chi connectivity index (χ3v) is 3.52. The van der Waals surface area contributed by atoms with Gasteiger partial charge < -0.3 is 20.8 Å². The van der Waals surface area contributed by atoms with Crippen LogP contribution in [0.3, 0.4) is 0 Å². The molecule has 1 aromatic carbocycles. The van der Waals surface area contributed by atoms with Gasteiger partial charge in [-0.3, -0.25) is 9.59 Å². The number of hydrogen-bond donors (Lipinski definition) is 3. The maximum absolute atomic E-state index is 12.0. The summed E-state index contributed by atoms with van der Waals surface area (Å²) in [6.45, 7) is 1.19. The van der Waals surface area contributed by atoms with E-state index in [1.54, 1.807) is 36.4 Å². The van der Waals surface area contributed by atoms with Crippen molar-refractivity contribution in [3.05, 3.63) is 52.4 Å². The molecule has 4 N–H and O–H groups in total. The number of benzene rings is 1. The minimum Gasteiger partial charge on any atom is -0.444 e. The van der Waals surface area contributed by atoms with Gasteiger partial charge in [0.25, 0.3) is 11.8 Å². The van der Waals surface area contributed by atoms with E-state index >= 15 is 0 Å². The molecule has 24 heavy (non-hydrogen) atoms. The summed E-state index contributed by atoms with van der Waals surface area (Å²) in [4.78, 5) is 24.1. The van der Waals surface area contributed by atoms with E-state index in [1.165, 1.54) is 0 Å². The van der Waals surface area contributed by atoms with Crippen LogP contribution in [0.5, 0.6) is 0 Å². The van der Waals surface area contributed by atoms with Crippen LogP contribution in [-0.4, -0.2) is 24.9 Å². The van der Waals surface area contributed by atoms with Crippen molar-refractivity contribution in [3.8, 4) is 0 Å². The smallest absolute Gasteiger partial charge is 0.291 e. The van der Waals surface area contributed by atoms with Gasteiger partial charge in [-0.1, -0.05) is 6.07 Å². The maximum atomic E-state index is 12.0. The molecule has 0 spiro atoms. The molecule has 1 aromatic heterocycles. The molecule has 0 unspecified atom stereocenters. The SMILES string of the molecule is Cl.NCCCCNC(=O)c1cccc(NC(=O)c2ccc(Br)o2)c1. The van der Waals surface area contributed by atoms with E-state index in [4.69, 9.17) is 10.2 Å². The molecular weight excluding hydrogens is 398 g/mol. The van der Waals surface area contributed by atoms with Crippen LogP contribution < -0.4 is 16.4 Å². The average molecular weight is 417 g/mol. The van der Waals surface area contributed by atoms with E-state index in [1.807, 2.05) is 0 Å². The molecule has 0 saturated heterocycles. The number of anilines is 1. The summed E-state index contributed by atoms with van der Waals surface area (Å²) in [7, 11) is 0. The molecule has 0 saturated carbocycles. The zero-order chi connectivity index (χ0) is 16.7. The number of amides is 2. The molecule has 2 amide bonds. The van der Waals surface area contributed by atoms with Gasteiger partial charge in [-0.05, 0) is 65.6 Å². The number of carbonyl (C=O) groups is 2. The molecule has 0 fully saturated rings.